The summed E-state index contributed by atoms with van der Waals surface area (Å²) in [5.41, 5.74) is 2.51. The van der Waals surface area contributed by atoms with Gasteiger partial charge in [-0.2, -0.15) is 0 Å². The molecular weight excluding hydrogens is 180 g/mol. The maximum absolute atomic E-state index is 11.0. The summed E-state index contributed by atoms with van der Waals surface area (Å²) >= 11 is 0. The third-order valence-corrected chi connectivity index (χ3v) is 2.65. The van der Waals surface area contributed by atoms with E-state index in [4.69, 9.17) is 9.84 Å². The maximum atomic E-state index is 11.0. The highest BCUT2D eigenvalue weighted by Crippen LogP contribution is 2.29. The Kier molecular flexibility index (Phi) is 2.15. The summed E-state index contributed by atoms with van der Waals surface area (Å²) in [5, 5.41) is 9.01. The first-order valence-corrected chi connectivity index (χ1v) is 4.65. The molecule has 0 saturated heterocycles. The van der Waals surface area contributed by atoms with E-state index < -0.39 is 5.97 Å². The number of benzene rings is 1. The third kappa shape index (κ3) is 1.35. The first kappa shape index (κ1) is 9.06. The molecule has 1 aromatic rings. The molecule has 0 saturated carbocycles. The molecule has 1 aliphatic carbocycles. The maximum Gasteiger partial charge on any atom is 0.336 e. The average Bonchev–Trinajstić information content (AvgIpc) is 2.63. The van der Waals surface area contributed by atoms with Gasteiger partial charge in [-0.25, -0.2) is 4.79 Å². The van der Waals surface area contributed by atoms with Crippen molar-refractivity contribution in [3.8, 4) is 5.75 Å². The van der Waals surface area contributed by atoms with E-state index in [9.17, 15) is 4.79 Å². The number of carbonyl (C=O) groups is 1. The number of aromatic carboxylic acids is 1. The summed E-state index contributed by atoms with van der Waals surface area (Å²) in [5.74, 6) is -0.217. The van der Waals surface area contributed by atoms with E-state index in [1.54, 1.807) is 13.2 Å². The fourth-order valence-corrected chi connectivity index (χ4v) is 1.99. The average molecular weight is 192 g/mol. The van der Waals surface area contributed by atoms with Gasteiger partial charge in [0.15, 0.2) is 0 Å². The van der Waals surface area contributed by atoms with Crippen LogP contribution in [0.25, 0.3) is 0 Å². The van der Waals surface area contributed by atoms with E-state index in [0.717, 1.165) is 30.4 Å². The molecule has 1 N–H and O–H groups in total. The Morgan fingerprint density at radius 1 is 1.43 bits per heavy atom. The molecule has 0 bridgehead atoms. The van der Waals surface area contributed by atoms with Crippen molar-refractivity contribution in [2.24, 2.45) is 0 Å². The van der Waals surface area contributed by atoms with Gasteiger partial charge in [0.1, 0.15) is 5.75 Å². The molecule has 74 valence electrons. The molecule has 0 spiro atoms. The van der Waals surface area contributed by atoms with Gasteiger partial charge in [-0.3, -0.25) is 0 Å². The zero-order valence-electron chi connectivity index (χ0n) is 8.04. The van der Waals surface area contributed by atoms with Crippen molar-refractivity contribution in [2.45, 2.75) is 19.3 Å². The van der Waals surface area contributed by atoms with Crippen molar-refractivity contribution >= 4 is 5.97 Å². The quantitative estimate of drug-likeness (QED) is 0.778. The predicted octanol–water partition coefficient (Wildman–Crippen LogP) is 1.88. The van der Waals surface area contributed by atoms with Crippen LogP contribution >= 0.6 is 0 Å². The van der Waals surface area contributed by atoms with E-state index in [2.05, 4.69) is 0 Å². The molecule has 0 radical (unpaired) electrons. The van der Waals surface area contributed by atoms with E-state index in [1.165, 1.54) is 0 Å². The second-order valence-corrected chi connectivity index (χ2v) is 3.47. The van der Waals surface area contributed by atoms with Crippen LogP contribution in [0.2, 0.25) is 0 Å². The lowest BCUT2D eigenvalue weighted by Crippen LogP contribution is -2.02. The molecule has 0 unspecified atom stereocenters. The van der Waals surface area contributed by atoms with E-state index in [-0.39, 0.29) is 0 Å². The van der Waals surface area contributed by atoms with E-state index in [1.807, 2.05) is 6.07 Å². The van der Waals surface area contributed by atoms with Gasteiger partial charge in [0.25, 0.3) is 0 Å². The molecule has 3 nitrogen and oxygen atoms in total. The van der Waals surface area contributed by atoms with Crippen molar-refractivity contribution in [2.75, 3.05) is 7.11 Å². The van der Waals surface area contributed by atoms with Gasteiger partial charge < -0.3 is 9.84 Å². The second-order valence-electron chi connectivity index (χ2n) is 3.47. The molecule has 0 fully saturated rings. The highest BCUT2D eigenvalue weighted by molar-refractivity contribution is 5.90. The highest BCUT2D eigenvalue weighted by atomic mass is 16.5. The minimum atomic E-state index is -0.859. The molecule has 0 heterocycles. The number of fused-ring (bicyclic) bond motifs is 1. The number of hydrogen-bond donors (Lipinski definition) is 1. The summed E-state index contributed by atoms with van der Waals surface area (Å²) in [6, 6.07) is 3.54. The molecule has 2 rings (SSSR count). The SMILES string of the molecule is COc1cc2c(c(C(=O)O)c1)CCC2. The third-order valence-electron chi connectivity index (χ3n) is 2.65. The first-order valence-electron chi connectivity index (χ1n) is 4.65. The summed E-state index contributed by atoms with van der Waals surface area (Å²) in [4.78, 5) is 11.0. The number of carboxylic acid groups (broad SMARTS) is 1. The van der Waals surface area contributed by atoms with Gasteiger partial charge in [0.05, 0.1) is 12.7 Å². The van der Waals surface area contributed by atoms with Crippen molar-refractivity contribution in [3.63, 3.8) is 0 Å². The molecule has 0 aromatic heterocycles. The molecule has 1 aromatic carbocycles. The van der Waals surface area contributed by atoms with Crippen LogP contribution in [-0.4, -0.2) is 18.2 Å². The predicted molar refractivity (Wildman–Crippen MR) is 52.0 cm³/mol. The van der Waals surface area contributed by atoms with Crippen LogP contribution in [0.3, 0.4) is 0 Å². The van der Waals surface area contributed by atoms with Gasteiger partial charge in [-0.1, -0.05) is 0 Å². The number of carboxylic acids is 1. The Bertz CT molecular complexity index is 382. The molecule has 3 heteroatoms. The Hall–Kier alpha value is -1.51. The second kappa shape index (κ2) is 3.33. The molecule has 1 aliphatic rings. The highest BCUT2D eigenvalue weighted by Gasteiger charge is 2.20. The van der Waals surface area contributed by atoms with Crippen molar-refractivity contribution in [3.05, 3.63) is 28.8 Å². The fraction of sp³-hybridized carbons (Fsp3) is 0.364. The van der Waals surface area contributed by atoms with Crippen LogP contribution in [0.5, 0.6) is 5.75 Å². The number of ether oxygens (including phenoxy) is 1. The van der Waals surface area contributed by atoms with Crippen molar-refractivity contribution < 1.29 is 14.6 Å². The number of hydrogen-bond acceptors (Lipinski definition) is 2. The fourth-order valence-electron chi connectivity index (χ4n) is 1.99. The van der Waals surface area contributed by atoms with Crippen molar-refractivity contribution in [1.82, 2.24) is 0 Å². The van der Waals surface area contributed by atoms with E-state index >= 15 is 0 Å². The topological polar surface area (TPSA) is 46.5 Å². The van der Waals surface area contributed by atoms with Gasteiger partial charge in [0, 0.05) is 0 Å². The lowest BCUT2D eigenvalue weighted by molar-refractivity contribution is 0.0695. The van der Waals surface area contributed by atoms with Gasteiger partial charge in [0.2, 0.25) is 0 Å². The first-order chi connectivity index (χ1) is 6.72. The Morgan fingerprint density at radius 3 is 2.86 bits per heavy atom. The normalized spacial score (nSPS) is 13.8. The summed E-state index contributed by atoms with van der Waals surface area (Å²) in [7, 11) is 1.56. The lowest BCUT2D eigenvalue weighted by Gasteiger charge is -2.07. The molecule has 0 atom stereocenters. The number of aryl methyl sites for hydroxylation is 1. The zero-order chi connectivity index (χ0) is 10.1. The Morgan fingerprint density at radius 2 is 2.21 bits per heavy atom. The van der Waals surface area contributed by atoms with Crippen LogP contribution in [0.1, 0.15) is 27.9 Å². The standard InChI is InChI=1S/C11H12O3/c1-14-8-5-7-3-2-4-9(7)10(6-8)11(12)13/h5-6H,2-4H2,1H3,(H,12,13). The van der Waals surface area contributed by atoms with Crippen LogP contribution in [0, 0.1) is 0 Å². The van der Waals surface area contributed by atoms with Crippen LogP contribution in [-0.2, 0) is 12.8 Å². The smallest absolute Gasteiger partial charge is 0.336 e. The lowest BCUT2D eigenvalue weighted by atomic mass is 10.0. The van der Waals surface area contributed by atoms with Crippen LogP contribution < -0.4 is 4.74 Å². The van der Waals surface area contributed by atoms with E-state index in [0.29, 0.717) is 11.3 Å². The van der Waals surface area contributed by atoms with Crippen molar-refractivity contribution in [1.29, 1.82) is 0 Å². The van der Waals surface area contributed by atoms with Crippen LogP contribution in [0.15, 0.2) is 12.1 Å². The minimum absolute atomic E-state index is 0.400. The monoisotopic (exact) mass is 192 g/mol. The molecule has 14 heavy (non-hydrogen) atoms. The minimum Gasteiger partial charge on any atom is -0.497 e. The molecule has 0 amide bonds. The van der Waals surface area contributed by atoms with Gasteiger partial charge >= 0.3 is 5.97 Å². The number of rotatable bonds is 2. The zero-order valence-corrected chi connectivity index (χ0v) is 8.04. The summed E-state index contributed by atoms with van der Waals surface area (Å²) in [6.07, 6.45) is 2.89. The Balaban J connectivity index is 2.57. The van der Waals surface area contributed by atoms with Crippen LogP contribution in [0.4, 0.5) is 0 Å². The largest absolute Gasteiger partial charge is 0.497 e. The molecule has 0 aliphatic heterocycles. The van der Waals surface area contributed by atoms with Gasteiger partial charge in [-0.05, 0) is 42.5 Å². The molecular formula is C11H12O3. The number of methoxy groups -OCH3 is 1. The Labute approximate surface area is 82.3 Å². The van der Waals surface area contributed by atoms with Gasteiger partial charge in [-0.15, -0.1) is 0 Å². The summed E-state index contributed by atoms with van der Waals surface area (Å²) in [6.45, 7) is 0. The summed E-state index contributed by atoms with van der Waals surface area (Å²) < 4.78 is 5.07.